The molecule has 2 rings (SSSR count). The van der Waals surface area contributed by atoms with Gasteiger partial charge in [-0.1, -0.05) is 32.0 Å². The number of piperidine rings is 1. The summed E-state index contributed by atoms with van der Waals surface area (Å²) in [5.74, 6) is -0.220. The van der Waals surface area contributed by atoms with Crippen molar-refractivity contribution < 1.29 is 13.2 Å². The lowest BCUT2D eigenvalue weighted by molar-refractivity contribution is -0.134. The summed E-state index contributed by atoms with van der Waals surface area (Å²) in [6, 6.07) is 7.45. The number of carbonyl (C=O) groups excluding carboxylic acids is 1. The molecule has 0 bridgehead atoms. The van der Waals surface area contributed by atoms with E-state index in [4.69, 9.17) is 0 Å². The number of hydrogen-bond donors (Lipinski definition) is 1. The zero-order chi connectivity index (χ0) is 16.2. The highest BCUT2D eigenvalue weighted by Crippen LogP contribution is 2.16. The Balaban J connectivity index is 2.16. The molecule has 1 amide bonds. The van der Waals surface area contributed by atoms with Gasteiger partial charge >= 0.3 is 0 Å². The van der Waals surface area contributed by atoms with Gasteiger partial charge in [-0.3, -0.25) is 4.79 Å². The zero-order valence-corrected chi connectivity index (χ0v) is 14.0. The van der Waals surface area contributed by atoms with Crippen LogP contribution in [0.1, 0.15) is 33.1 Å². The molecule has 1 saturated heterocycles. The molecule has 0 aliphatic carbocycles. The van der Waals surface area contributed by atoms with Gasteiger partial charge in [0.2, 0.25) is 15.9 Å². The quantitative estimate of drug-likeness (QED) is 0.901. The normalized spacial score (nSPS) is 17.5. The Labute approximate surface area is 132 Å². The predicted molar refractivity (Wildman–Crippen MR) is 85.8 cm³/mol. The summed E-state index contributed by atoms with van der Waals surface area (Å²) in [5.41, 5.74) is 0. The predicted octanol–water partition coefficient (Wildman–Crippen LogP) is 2.00. The van der Waals surface area contributed by atoms with Gasteiger partial charge in [-0.25, -0.2) is 8.42 Å². The van der Waals surface area contributed by atoms with Crippen molar-refractivity contribution in [2.24, 2.45) is 5.92 Å². The first kappa shape index (κ1) is 17.0. The molecular formula is C16H24N2O3S. The van der Waals surface area contributed by atoms with Crippen LogP contribution in [-0.2, 0) is 14.8 Å². The number of benzene rings is 1. The van der Waals surface area contributed by atoms with Gasteiger partial charge < -0.3 is 4.90 Å². The molecule has 1 N–H and O–H groups in total. The second kappa shape index (κ2) is 7.24. The van der Waals surface area contributed by atoms with Crippen LogP contribution in [0, 0.1) is 5.92 Å². The van der Waals surface area contributed by atoms with E-state index in [-0.39, 0.29) is 16.7 Å². The number of rotatable bonds is 5. The van der Waals surface area contributed by atoms with Crippen molar-refractivity contribution in [2.45, 2.75) is 44.0 Å². The third kappa shape index (κ3) is 4.08. The largest absolute Gasteiger partial charge is 0.341 e. The molecular weight excluding hydrogens is 300 g/mol. The van der Waals surface area contributed by atoms with Gasteiger partial charge in [-0.05, 0) is 37.3 Å². The Kier molecular flexibility index (Phi) is 5.58. The second-order valence-electron chi connectivity index (χ2n) is 6.04. The van der Waals surface area contributed by atoms with E-state index in [0.29, 0.717) is 0 Å². The molecule has 122 valence electrons. The van der Waals surface area contributed by atoms with Crippen molar-refractivity contribution in [2.75, 3.05) is 13.1 Å². The molecule has 22 heavy (non-hydrogen) atoms. The minimum absolute atomic E-state index is 0.104. The second-order valence-corrected chi connectivity index (χ2v) is 7.76. The van der Waals surface area contributed by atoms with Gasteiger partial charge in [0, 0.05) is 13.1 Å². The lowest BCUT2D eigenvalue weighted by Gasteiger charge is -2.32. The van der Waals surface area contributed by atoms with E-state index in [1.807, 2.05) is 13.8 Å². The van der Waals surface area contributed by atoms with E-state index in [1.165, 1.54) is 12.1 Å². The third-order valence-corrected chi connectivity index (χ3v) is 5.39. The van der Waals surface area contributed by atoms with Crippen molar-refractivity contribution in [3.8, 4) is 0 Å². The Morgan fingerprint density at radius 3 is 2.23 bits per heavy atom. The molecule has 0 unspecified atom stereocenters. The van der Waals surface area contributed by atoms with Crippen LogP contribution < -0.4 is 4.72 Å². The lowest BCUT2D eigenvalue weighted by Crippen LogP contribution is -2.52. The van der Waals surface area contributed by atoms with E-state index < -0.39 is 16.1 Å². The Hall–Kier alpha value is -1.40. The number of nitrogens with one attached hydrogen (secondary N) is 1. The smallest absolute Gasteiger partial charge is 0.241 e. The van der Waals surface area contributed by atoms with Crippen molar-refractivity contribution in [3.63, 3.8) is 0 Å². The molecule has 0 saturated carbocycles. The van der Waals surface area contributed by atoms with Crippen LogP contribution in [0.2, 0.25) is 0 Å². The molecule has 1 atom stereocenters. The van der Waals surface area contributed by atoms with Crippen LogP contribution in [0.25, 0.3) is 0 Å². The molecule has 1 aliphatic heterocycles. The average Bonchev–Trinajstić information content (AvgIpc) is 2.53. The molecule has 0 spiro atoms. The fourth-order valence-electron chi connectivity index (χ4n) is 2.62. The minimum atomic E-state index is -3.69. The van der Waals surface area contributed by atoms with Crippen LogP contribution in [0.4, 0.5) is 0 Å². The average molecular weight is 324 g/mol. The summed E-state index contributed by atoms with van der Waals surface area (Å²) in [5, 5.41) is 0. The van der Waals surface area contributed by atoms with Gasteiger partial charge in [0.15, 0.2) is 0 Å². The van der Waals surface area contributed by atoms with E-state index in [2.05, 4.69) is 4.72 Å². The summed E-state index contributed by atoms with van der Waals surface area (Å²) >= 11 is 0. The van der Waals surface area contributed by atoms with Gasteiger partial charge in [0.25, 0.3) is 0 Å². The maximum atomic E-state index is 12.6. The van der Waals surface area contributed by atoms with Gasteiger partial charge in [-0.15, -0.1) is 0 Å². The number of likely N-dealkylation sites (tertiary alicyclic amines) is 1. The fraction of sp³-hybridized carbons (Fsp3) is 0.562. The highest BCUT2D eigenvalue weighted by molar-refractivity contribution is 7.89. The first-order chi connectivity index (χ1) is 10.4. The number of carbonyl (C=O) groups is 1. The van der Waals surface area contributed by atoms with Gasteiger partial charge in [-0.2, -0.15) is 4.72 Å². The van der Waals surface area contributed by atoms with Crippen LogP contribution in [0.3, 0.4) is 0 Å². The van der Waals surface area contributed by atoms with E-state index in [1.54, 1.807) is 23.1 Å². The van der Waals surface area contributed by atoms with Crippen molar-refractivity contribution >= 4 is 15.9 Å². The van der Waals surface area contributed by atoms with Crippen molar-refractivity contribution in [1.29, 1.82) is 0 Å². The molecule has 1 aromatic rings. The molecule has 1 heterocycles. The summed E-state index contributed by atoms with van der Waals surface area (Å²) in [6.07, 6.45) is 3.11. The van der Waals surface area contributed by atoms with Crippen LogP contribution in [-0.4, -0.2) is 38.4 Å². The maximum absolute atomic E-state index is 12.6. The summed E-state index contributed by atoms with van der Waals surface area (Å²) in [6.45, 7) is 5.16. The van der Waals surface area contributed by atoms with E-state index >= 15 is 0 Å². The lowest BCUT2D eigenvalue weighted by atomic mass is 10.0. The van der Waals surface area contributed by atoms with Crippen LogP contribution >= 0.6 is 0 Å². The first-order valence-electron chi connectivity index (χ1n) is 7.78. The van der Waals surface area contributed by atoms with E-state index in [9.17, 15) is 13.2 Å². The van der Waals surface area contributed by atoms with Crippen molar-refractivity contribution in [3.05, 3.63) is 30.3 Å². The topological polar surface area (TPSA) is 66.5 Å². The number of sulfonamides is 1. The summed E-state index contributed by atoms with van der Waals surface area (Å²) < 4.78 is 27.5. The minimum Gasteiger partial charge on any atom is -0.341 e. The van der Waals surface area contributed by atoms with Gasteiger partial charge in [0.1, 0.15) is 6.04 Å². The molecule has 1 aliphatic rings. The van der Waals surface area contributed by atoms with Crippen LogP contribution in [0.5, 0.6) is 0 Å². The van der Waals surface area contributed by atoms with Crippen LogP contribution in [0.15, 0.2) is 35.2 Å². The highest BCUT2D eigenvalue weighted by atomic mass is 32.2. The fourth-order valence-corrected chi connectivity index (χ4v) is 3.98. The van der Waals surface area contributed by atoms with E-state index in [0.717, 1.165) is 32.4 Å². The third-order valence-electron chi connectivity index (χ3n) is 3.94. The number of nitrogens with zero attached hydrogens (tertiary/aromatic N) is 1. The molecule has 5 nitrogen and oxygen atoms in total. The molecule has 1 aromatic carbocycles. The SMILES string of the molecule is CC(C)[C@H](NS(=O)(=O)c1ccccc1)C(=O)N1CCCCC1. The maximum Gasteiger partial charge on any atom is 0.241 e. The van der Waals surface area contributed by atoms with Gasteiger partial charge in [0.05, 0.1) is 4.90 Å². The Morgan fingerprint density at radius 1 is 1.09 bits per heavy atom. The van der Waals surface area contributed by atoms with Crippen molar-refractivity contribution in [1.82, 2.24) is 9.62 Å². The highest BCUT2D eigenvalue weighted by Gasteiger charge is 2.31. The Bertz CT molecular complexity index is 593. The zero-order valence-electron chi connectivity index (χ0n) is 13.2. The standard InChI is InChI=1S/C16H24N2O3S/c1-13(2)15(16(19)18-11-7-4-8-12-18)17-22(20,21)14-9-5-3-6-10-14/h3,5-6,9-10,13,15,17H,4,7-8,11-12H2,1-2H3/t15-/m0/s1. The summed E-state index contributed by atoms with van der Waals surface area (Å²) in [7, 11) is -3.69. The molecule has 0 radical (unpaired) electrons. The number of hydrogen-bond acceptors (Lipinski definition) is 3. The molecule has 6 heteroatoms. The summed E-state index contributed by atoms with van der Waals surface area (Å²) in [4.78, 5) is 14.6. The number of amides is 1. The monoisotopic (exact) mass is 324 g/mol. The molecule has 0 aromatic heterocycles. The molecule has 1 fully saturated rings. The Morgan fingerprint density at radius 2 is 1.68 bits per heavy atom. The first-order valence-corrected chi connectivity index (χ1v) is 9.26.